The molecule has 0 aliphatic heterocycles. The van der Waals surface area contributed by atoms with Crippen LogP contribution >= 0.6 is 0 Å². The van der Waals surface area contributed by atoms with Gasteiger partial charge < -0.3 is 0 Å². The lowest BCUT2D eigenvalue weighted by Crippen LogP contribution is -2.13. The van der Waals surface area contributed by atoms with Crippen molar-refractivity contribution >= 4 is 0 Å². The first-order valence-corrected chi connectivity index (χ1v) is 5.97. The Morgan fingerprint density at radius 1 is 1.10 bits per heavy atom. The van der Waals surface area contributed by atoms with Crippen LogP contribution < -0.4 is 0 Å². The molecule has 0 fully saturated rings. The molecule has 0 spiro atoms. The summed E-state index contributed by atoms with van der Waals surface area (Å²) in [5, 5.41) is 0. The molecule has 0 atom stereocenters. The number of hydrogen-bond acceptors (Lipinski definition) is 0. The average Bonchev–Trinajstić information content (AvgIpc) is 2.33. The first kappa shape index (κ1) is 20.1. The normalized spacial score (nSPS) is 8.25. The standard InChI is InChI=1S/C11H15F.C7H4.FH/c1-8-9(11(2,3)4)6-5-7-10(8)12;1-3-5-7-6-4-2;/h5-7H,1-4H3;1H,2H3;1H. The maximum atomic E-state index is 13.1. The van der Waals surface area contributed by atoms with Crippen LogP contribution in [0.3, 0.4) is 0 Å². The second-order valence-corrected chi connectivity index (χ2v) is 4.93. The van der Waals surface area contributed by atoms with Gasteiger partial charge in [-0.3, -0.25) is 4.70 Å². The summed E-state index contributed by atoms with van der Waals surface area (Å²) in [5.41, 5.74) is 1.89. The van der Waals surface area contributed by atoms with E-state index < -0.39 is 0 Å². The first-order valence-electron chi connectivity index (χ1n) is 5.97. The highest BCUT2D eigenvalue weighted by Crippen LogP contribution is 2.26. The lowest BCUT2D eigenvalue weighted by atomic mass is 9.84. The molecule has 0 aliphatic carbocycles. The molecular formula is C18H20F2. The summed E-state index contributed by atoms with van der Waals surface area (Å²) in [6.07, 6.45) is 4.78. The summed E-state index contributed by atoms with van der Waals surface area (Å²) >= 11 is 0. The van der Waals surface area contributed by atoms with Crippen molar-refractivity contribution < 1.29 is 9.09 Å². The zero-order valence-corrected chi connectivity index (χ0v) is 12.6. The van der Waals surface area contributed by atoms with Crippen molar-refractivity contribution in [1.82, 2.24) is 0 Å². The average molecular weight is 274 g/mol. The summed E-state index contributed by atoms with van der Waals surface area (Å²) in [7, 11) is 0. The topological polar surface area (TPSA) is 0 Å². The van der Waals surface area contributed by atoms with E-state index >= 15 is 0 Å². The highest BCUT2D eigenvalue weighted by Gasteiger charge is 2.17. The van der Waals surface area contributed by atoms with Crippen LogP contribution in [0.1, 0.15) is 38.8 Å². The molecule has 1 aromatic carbocycles. The van der Waals surface area contributed by atoms with E-state index in [-0.39, 0.29) is 15.9 Å². The predicted octanol–water partition coefficient (Wildman–Crippen LogP) is 4.23. The van der Waals surface area contributed by atoms with Gasteiger partial charge in [-0.25, -0.2) is 4.39 Å². The zero-order valence-electron chi connectivity index (χ0n) is 12.6. The zero-order chi connectivity index (χ0) is 14.9. The fourth-order valence-corrected chi connectivity index (χ4v) is 1.55. The summed E-state index contributed by atoms with van der Waals surface area (Å²) in [5.74, 6) is 11.9. The minimum atomic E-state index is -0.109. The van der Waals surface area contributed by atoms with Gasteiger partial charge in [-0.15, -0.1) is 6.42 Å². The van der Waals surface area contributed by atoms with E-state index in [1.807, 2.05) is 13.0 Å². The van der Waals surface area contributed by atoms with Crippen molar-refractivity contribution in [1.29, 1.82) is 0 Å². The molecule has 0 saturated heterocycles. The summed E-state index contributed by atoms with van der Waals surface area (Å²) < 4.78 is 13.1. The molecule has 0 amide bonds. The first-order chi connectivity index (χ1) is 8.84. The molecule has 0 N–H and O–H groups in total. The van der Waals surface area contributed by atoms with Gasteiger partial charge in [0.05, 0.1) is 0 Å². The van der Waals surface area contributed by atoms with E-state index in [0.717, 1.165) is 11.1 Å². The maximum absolute atomic E-state index is 13.1. The van der Waals surface area contributed by atoms with Gasteiger partial charge in [0, 0.05) is 0 Å². The van der Waals surface area contributed by atoms with Crippen molar-refractivity contribution in [3.05, 3.63) is 35.1 Å². The molecule has 0 unspecified atom stereocenters. The summed E-state index contributed by atoms with van der Waals surface area (Å²) in [4.78, 5) is 0. The molecule has 0 nitrogen and oxygen atoms in total. The fraction of sp³-hybridized carbons (Fsp3) is 0.333. The van der Waals surface area contributed by atoms with Crippen molar-refractivity contribution in [3.63, 3.8) is 0 Å². The quantitative estimate of drug-likeness (QED) is 0.621. The van der Waals surface area contributed by atoms with Gasteiger partial charge in [-0.2, -0.15) is 0 Å². The number of rotatable bonds is 0. The van der Waals surface area contributed by atoms with Crippen LogP contribution in [0, 0.1) is 48.8 Å². The van der Waals surface area contributed by atoms with Crippen LogP contribution in [0.4, 0.5) is 9.09 Å². The highest BCUT2D eigenvalue weighted by molar-refractivity contribution is 5.33. The molecule has 0 radical (unpaired) electrons. The van der Waals surface area contributed by atoms with E-state index in [9.17, 15) is 4.39 Å². The van der Waals surface area contributed by atoms with Gasteiger partial charge >= 0.3 is 0 Å². The van der Waals surface area contributed by atoms with Crippen molar-refractivity contribution in [2.75, 3.05) is 0 Å². The molecule has 0 bridgehead atoms. The van der Waals surface area contributed by atoms with E-state index in [1.165, 1.54) is 6.07 Å². The third-order valence-electron chi connectivity index (χ3n) is 2.40. The fourth-order valence-electron chi connectivity index (χ4n) is 1.55. The molecule has 0 aliphatic rings. The lowest BCUT2D eigenvalue weighted by Gasteiger charge is -2.21. The molecule has 1 rings (SSSR count). The van der Waals surface area contributed by atoms with E-state index in [2.05, 4.69) is 50.4 Å². The van der Waals surface area contributed by atoms with Crippen molar-refractivity contribution in [2.45, 2.75) is 40.0 Å². The summed E-state index contributed by atoms with van der Waals surface area (Å²) in [6.45, 7) is 9.82. The lowest BCUT2D eigenvalue weighted by molar-refractivity contribution is 0.563. The highest BCUT2D eigenvalue weighted by atomic mass is 19.1. The van der Waals surface area contributed by atoms with E-state index in [1.54, 1.807) is 13.0 Å². The second kappa shape index (κ2) is 9.66. The SMILES string of the molecule is C#CC#CC#CC.Cc1c(F)cccc1C(C)(C)C.F. The van der Waals surface area contributed by atoms with Crippen LogP contribution in [0.5, 0.6) is 0 Å². The van der Waals surface area contributed by atoms with Gasteiger partial charge in [0.1, 0.15) is 5.82 Å². The molecule has 0 saturated carbocycles. The Morgan fingerprint density at radius 2 is 1.70 bits per heavy atom. The van der Waals surface area contributed by atoms with Gasteiger partial charge in [0.25, 0.3) is 0 Å². The Bertz CT molecular complexity index is 576. The van der Waals surface area contributed by atoms with Crippen LogP contribution in [-0.4, -0.2) is 0 Å². The van der Waals surface area contributed by atoms with Crippen molar-refractivity contribution in [3.8, 4) is 36.0 Å². The smallest absolute Gasteiger partial charge is 0.126 e. The van der Waals surface area contributed by atoms with Crippen LogP contribution in [0.2, 0.25) is 0 Å². The minimum absolute atomic E-state index is 0. The molecule has 1 aromatic rings. The number of terminal acetylenes is 1. The molecular weight excluding hydrogens is 254 g/mol. The van der Waals surface area contributed by atoms with Crippen LogP contribution in [0.15, 0.2) is 18.2 Å². The Labute approximate surface area is 121 Å². The number of hydrogen-bond donors (Lipinski definition) is 0. The van der Waals surface area contributed by atoms with Gasteiger partial charge in [-0.1, -0.05) is 38.8 Å². The molecule has 106 valence electrons. The largest absolute Gasteiger partial charge is 0.269 e. The van der Waals surface area contributed by atoms with Gasteiger partial charge in [-0.05, 0) is 60.1 Å². The Kier molecular flexibility index (Phi) is 9.70. The van der Waals surface area contributed by atoms with E-state index in [4.69, 9.17) is 6.42 Å². The monoisotopic (exact) mass is 274 g/mol. The molecule has 20 heavy (non-hydrogen) atoms. The van der Waals surface area contributed by atoms with Gasteiger partial charge in [0.2, 0.25) is 0 Å². The third kappa shape index (κ3) is 7.25. The predicted molar refractivity (Wildman–Crippen MR) is 82.4 cm³/mol. The van der Waals surface area contributed by atoms with E-state index in [0.29, 0.717) is 0 Å². The number of benzene rings is 1. The second-order valence-electron chi connectivity index (χ2n) is 4.93. The number of halogens is 2. The Morgan fingerprint density at radius 3 is 2.10 bits per heavy atom. The van der Waals surface area contributed by atoms with Gasteiger partial charge in [0.15, 0.2) is 0 Å². The summed E-state index contributed by atoms with van der Waals surface area (Å²) in [6, 6.07) is 5.26. The minimum Gasteiger partial charge on any atom is -0.269 e. The molecule has 0 heterocycles. The Balaban J connectivity index is 0. The molecule has 0 aromatic heterocycles. The third-order valence-corrected chi connectivity index (χ3v) is 2.40. The molecule has 2 heteroatoms. The Hall–Kier alpha value is -2.24. The van der Waals surface area contributed by atoms with Crippen LogP contribution in [0.25, 0.3) is 0 Å². The van der Waals surface area contributed by atoms with Crippen molar-refractivity contribution in [2.24, 2.45) is 0 Å². The van der Waals surface area contributed by atoms with Crippen LogP contribution in [-0.2, 0) is 5.41 Å². The maximum Gasteiger partial charge on any atom is 0.126 e.